The van der Waals surface area contributed by atoms with Crippen LogP contribution in [0.1, 0.15) is 35.0 Å². The number of benzene rings is 1. The lowest BCUT2D eigenvalue weighted by molar-refractivity contribution is 0.0998. The summed E-state index contributed by atoms with van der Waals surface area (Å²) in [5.41, 5.74) is 15.0. The lowest BCUT2D eigenvalue weighted by atomic mass is 9.94. The molecule has 2 heterocycles. The molecule has 1 amide bonds. The molecule has 5 N–H and O–H groups in total. The molecule has 7 heteroatoms. The highest BCUT2D eigenvalue weighted by Crippen LogP contribution is 2.23. The largest absolute Gasteiger partial charge is 0.370 e. The van der Waals surface area contributed by atoms with Gasteiger partial charge < -0.3 is 16.8 Å². The lowest BCUT2D eigenvalue weighted by Gasteiger charge is -2.22. The Morgan fingerprint density at radius 2 is 2.28 bits per heavy atom. The number of hydrogen-bond acceptors (Lipinski definition) is 3. The SMILES string of the molecule is CCc1cccc(NC(N)=NCC2CCn3ncc(C(N)=O)c3C2)c1. The molecule has 1 unspecified atom stereocenters. The summed E-state index contributed by atoms with van der Waals surface area (Å²) in [6.07, 6.45) is 4.22. The highest BCUT2D eigenvalue weighted by atomic mass is 16.1. The average molecular weight is 340 g/mol. The van der Waals surface area contributed by atoms with Crippen molar-refractivity contribution in [3.8, 4) is 0 Å². The normalized spacial score (nSPS) is 17.2. The van der Waals surface area contributed by atoms with Crippen molar-refractivity contribution < 1.29 is 4.79 Å². The quantitative estimate of drug-likeness (QED) is 0.566. The van der Waals surface area contributed by atoms with E-state index in [2.05, 4.69) is 34.5 Å². The molecule has 0 radical (unpaired) electrons. The molecular formula is C18H24N6O. The predicted octanol–water partition coefficient (Wildman–Crippen LogP) is 1.53. The van der Waals surface area contributed by atoms with Crippen LogP contribution in [0.5, 0.6) is 0 Å². The summed E-state index contributed by atoms with van der Waals surface area (Å²) in [6.45, 7) is 3.50. The number of carbonyl (C=O) groups excluding carboxylic acids is 1. The number of aromatic nitrogens is 2. The van der Waals surface area contributed by atoms with E-state index in [0.29, 0.717) is 24.0 Å². The summed E-state index contributed by atoms with van der Waals surface area (Å²) in [6, 6.07) is 8.13. The van der Waals surface area contributed by atoms with Crippen molar-refractivity contribution in [2.75, 3.05) is 11.9 Å². The average Bonchev–Trinajstić information content (AvgIpc) is 3.03. The highest BCUT2D eigenvalue weighted by molar-refractivity contribution is 5.94. The first-order valence-corrected chi connectivity index (χ1v) is 8.57. The van der Waals surface area contributed by atoms with Crippen LogP contribution in [0.25, 0.3) is 0 Å². The molecular weight excluding hydrogens is 316 g/mol. The summed E-state index contributed by atoms with van der Waals surface area (Å²) < 4.78 is 1.86. The minimum atomic E-state index is -0.428. The Morgan fingerprint density at radius 3 is 3.04 bits per heavy atom. The fraction of sp³-hybridized carbons (Fsp3) is 0.389. The maximum absolute atomic E-state index is 11.5. The van der Waals surface area contributed by atoms with Gasteiger partial charge in [0.2, 0.25) is 0 Å². The molecule has 0 fully saturated rings. The summed E-state index contributed by atoms with van der Waals surface area (Å²) in [4.78, 5) is 15.9. The zero-order valence-electron chi connectivity index (χ0n) is 14.4. The maximum Gasteiger partial charge on any atom is 0.252 e. The monoisotopic (exact) mass is 340 g/mol. The molecule has 1 aliphatic heterocycles. The topological polar surface area (TPSA) is 111 Å². The van der Waals surface area contributed by atoms with Gasteiger partial charge in [-0.15, -0.1) is 0 Å². The number of guanidine groups is 1. The zero-order valence-corrected chi connectivity index (χ0v) is 14.4. The Hall–Kier alpha value is -2.83. The van der Waals surface area contributed by atoms with Crippen molar-refractivity contribution in [1.82, 2.24) is 9.78 Å². The van der Waals surface area contributed by atoms with E-state index in [1.54, 1.807) is 6.20 Å². The molecule has 0 saturated heterocycles. The van der Waals surface area contributed by atoms with Gasteiger partial charge in [0.15, 0.2) is 5.96 Å². The Balaban J connectivity index is 1.61. The Bertz CT molecular complexity index is 795. The minimum Gasteiger partial charge on any atom is -0.370 e. The van der Waals surface area contributed by atoms with Gasteiger partial charge in [-0.2, -0.15) is 5.10 Å². The molecule has 1 aliphatic rings. The summed E-state index contributed by atoms with van der Waals surface area (Å²) in [7, 11) is 0. The number of aryl methyl sites for hydroxylation is 2. The van der Waals surface area contributed by atoms with Crippen molar-refractivity contribution in [2.24, 2.45) is 22.4 Å². The fourth-order valence-electron chi connectivity index (χ4n) is 3.14. The van der Waals surface area contributed by atoms with Gasteiger partial charge >= 0.3 is 0 Å². The summed E-state index contributed by atoms with van der Waals surface area (Å²) >= 11 is 0. The first kappa shape index (κ1) is 17.0. The third-order valence-electron chi connectivity index (χ3n) is 4.57. The minimum absolute atomic E-state index is 0.324. The van der Waals surface area contributed by atoms with Gasteiger partial charge in [0, 0.05) is 18.8 Å². The van der Waals surface area contributed by atoms with E-state index in [4.69, 9.17) is 11.5 Å². The Labute approximate surface area is 147 Å². The molecule has 0 spiro atoms. The van der Waals surface area contributed by atoms with Crippen LogP contribution in [-0.4, -0.2) is 28.2 Å². The van der Waals surface area contributed by atoms with Crippen molar-refractivity contribution >= 4 is 17.6 Å². The van der Waals surface area contributed by atoms with Crippen LogP contribution in [0.3, 0.4) is 0 Å². The second-order valence-electron chi connectivity index (χ2n) is 6.36. The van der Waals surface area contributed by atoms with Crippen molar-refractivity contribution in [3.63, 3.8) is 0 Å². The molecule has 1 aromatic carbocycles. The number of rotatable bonds is 5. The van der Waals surface area contributed by atoms with Crippen molar-refractivity contribution in [3.05, 3.63) is 47.3 Å². The molecule has 1 aromatic heterocycles. The molecule has 0 bridgehead atoms. The third kappa shape index (κ3) is 3.99. The molecule has 3 rings (SSSR count). The van der Waals surface area contributed by atoms with Gasteiger partial charge in [0.05, 0.1) is 17.5 Å². The molecule has 0 saturated carbocycles. The van der Waals surface area contributed by atoms with E-state index in [-0.39, 0.29) is 0 Å². The van der Waals surface area contributed by atoms with Crippen LogP contribution in [0.15, 0.2) is 35.5 Å². The van der Waals surface area contributed by atoms with E-state index in [0.717, 1.165) is 37.2 Å². The summed E-state index contributed by atoms with van der Waals surface area (Å²) in [5, 5.41) is 7.36. The number of nitrogens with zero attached hydrogens (tertiary/aromatic N) is 3. The van der Waals surface area contributed by atoms with Gasteiger partial charge in [0.1, 0.15) is 0 Å². The summed E-state index contributed by atoms with van der Waals surface area (Å²) in [5.74, 6) is 0.300. The highest BCUT2D eigenvalue weighted by Gasteiger charge is 2.24. The van der Waals surface area contributed by atoms with Crippen LogP contribution >= 0.6 is 0 Å². The predicted molar refractivity (Wildman–Crippen MR) is 98.5 cm³/mol. The number of hydrogen-bond donors (Lipinski definition) is 3. The van der Waals surface area contributed by atoms with E-state index in [9.17, 15) is 4.79 Å². The second kappa shape index (κ2) is 7.38. The van der Waals surface area contributed by atoms with E-state index in [1.165, 1.54) is 5.56 Å². The number of anilines is 1. The van der Waals surface area contributed by atoms with Gasteiger partial charge in [0.25, 0.3) is 5.91 Å². The van der Waals surface area contributed by atoms with Crippen LogP contribution in [0.4, 0.5) is 5.69 Å². The van der Waals surface area contributed by atoms with Crippen LogP contribution in [-0.2, 0) is 19.4 Å². The van der Waals surface area contributed by atoms with Gasteiger partial charge in [-0.25, -0.2) is 0 Å². The number of aliphatic imine (C=N–C) groups is 1. The Kier molecular flexibility index (Phi) is 5.02. The molecule has 132 valence electrons. The smallest absolute Gasteiger partial charge is 0.252 e. The van der Waals surface area contributed by atoms with Crippen molar-refractivity contribution in [1.29, 1.82) is 0 Å². The van der Waals surface area contributed by atoms with E-state index >= 15 is 0 Å². The fourth-order valence-corrected chi connectivity index (χ4v) is 3.14. The molecule has 1 atom stereocenters. The van der Waals surface area contributed by atoms with E-state index < -0.39 is 5.91 Å². The molecule has 7 nitrogen and oxygen atoms in total. The first-order valence-electron chi connectivity index (χ1n) is 8.57. The number of nitrogens with one attached hydrogen (secondary N) is 1. The number of nitrogens with two attached hydrogens (primary N) is 2. The zero-order chi connectivity index (χ0) is 17.8. The third-order valence-corrected chi connectivity index (χ3v) is 4.57. The lowest BCUT2D eigenvalue weighted by Crippen LogP contribution is -2.27. The van der Waals surface area contributed by atoms with Crippen molar-refractivity contribution in [2.45, 2.75) is 32.7 Å². The van der Waals surface area contributed by atoms with Crippen LogP contribution in [0.2, 0.25) is 0 Å². The van der Waals surface area contributed by atoms with Gasteiger partial charge in [-0.3, -0.25) is 14.5 Å². The van der Waals surface area contributed by atoms with Gasteiger partial charge in [-0.1, -0.05) is 19.1 Å². The van der Waals surface area contributed by atoms with Crippen LogP contribution < -0.4 is 16.8 Å². The Morgan fingerprint density at radius 1 is 1.44 bits per heavy atom. The number of carbonyl (C=O) groups is 1. The van der Waals surface area contributed by atoms with Crippen LogP contribution in [0, 0.1) is 5.92 Å². The molecule has 2 aromatic rings. The number of amides is 1. The van der Waals surface area contributed by atoms with Gasteiger partial charge in [-0.05, 0) is 42.9 Å². The molecule has 0 aliphatic carbocycles. The number of fused-ring (bicyclic) bond motifs is 1. The second-order valence-corrected chi connectivity index (χ2v) is 6.36. The molecule has 25 heavy (non-hydrogen) atoms. The van der Waals surface area contributed by atoms with E-state index in [1.807, 2.05) is 16.8 Å². The number of primary amides is 1. The maximum atomic E-state index is 11.5. The first-order chi connectivity index (χ1) is 12.1. The standard InChI is InChI=1S/C18H24N6O/c1-2-12-4-3-5-14(8-12)23-18(20)21-10-13-6-7-24-16(9-13)15(11-22-24)17(19)25/h3-5,8,11,13H,2,6-7,9-10H2,1H3,(H2,19,25)(H3,20,21,23).